The Labute approximate surface area is 113 Å². The van der Waals surface area contributed by atoms with Crippen LogP contribution >= 0.6 is 11.6 Å². The van der Waals surface area contributed by atoms with Crippen LogP contribution in [0.3, 0.4) is 0 Å². The predicted molar refractivity (Wildman–Crippen MR) is 68.5 cm³/mol. The second-order valence-corrected chi connectivity index (χ2v) is 4.49. The Morgan fingerprint density at radius 3 is 2.42 bits per heavy atom. The topological polar surface area (TPSA) is 37.3 Å². The third-order valence-electron chi connectivity index (χ3n) is 2.75. The summed E-state index contributed by atoms with van der Waals surface area (Å²) in [5.41, 5.74) is 0.545. The zero-order valence-corrected chi connectivity index (χ0v) is 10.6. The van der Waals surface area contributed by atoms with Gasteiger partial charge in [0.1, 0.15) is 11.6 Å². The van der Waals surface area contributed by atoms with Crippen molar-refractivity contribution in [2.75, 3.05) is 0 Å². The molecule has 0 bridgehead atoms. The Bertz CT molecular complexity index is 669. The second-order valence-electron chi connectivity index (χ2n) is 4.08. The molecule has 0 aliphatic carbocycles. The molecule has 2 aromatic carbocycles. The van der Waals surface area contributed by atoms with Crippen molar-refractivity contribution >= 4 is 17.6 Å². The Hall–Kier alpha value is -1.94. The van der Waals surface area contributed by atoms with Gasteiger partial charge in [0.25, 0.3) is 0 Å². The lowest BCUT2D eigenvalue weighted by molar-refractivity contribution is 0.0697. The van der Waals surface area contributed by atoms with E-state index in [1.807, 2.05) is 0 Å². The molecule has 0 heterocycles. The quantitative estimate of drug-likeness (QED) is 0.892. The van der Waals surface area contributed by atoms with Crippen LogP contribution in [0, 0.1) is 18.6 Å². The predicted octanol–water partition coefficient (Wildman–Crippen LogP) is 4.29. The summed E-state index contributed by atoms with van der Waals surface area (Å²) in [7, 11) is 0. The highest BCUT2D eigenvalue weighted by Gasteiger charge is 2.14. The van der Waals surface area contributed by atoms with E-state index in [1.54, 1.807) is 0 Å². The number of aromatic carboxylic acids is 1. The van der Waals surface area contributed by atoms with E-state index in [4.69, 9.17) is 16.7 Å². The molecule has 0 saturated heterocycles. The summed E-state index contributed by atoms with van der Waals surface area (Å²) in [6.07, 6.45) is 0. The van der Waals surface area contributed by atoms with Gasteiger partial charge in [-0.2, -0.15) is 0 Å². The first kappa shape index (κ1) is 13.5. The summed E-state index contributed by atoms with van der Waals surface area (Å²) >= 11 is 5.89. The average molecular weight is 283 g/mol. The number of carbonyl (C=O) groups is 1. The first-order chi connectivity index (χ1) is 8.90. The van der Waals surface area contributed by atoms with Crippen molar-refractivity contribution in [1.29, 1.82) is 0 Å². The molecule has 19 heavy (non-hydrogen) atoms. The van der Waals surface area contributed by atoms with E-state index in [1.165, 1.54) is 19.1 Å². The van der Waals surface area contributed by atoms with Gasteiger partial charge in [0, 0.05) is 11.1 Å². The van der Waals surface area contributed by atoms with Crippen molar-refractivity contribution in [2.45, 2.75) is 6.92 Å². The zero-order valence-electron chi connectivity index (χ0n) is 9.88. The van der Waals surface area contributed by atoms with Gasteiger partial charge in [-0.15, -0.1) is 0 Å². The fourth-order valence-corrected chi connectivity index (χ4v) is 1.98. The molecule has 0 radical (unpaired) electrons. The van der Waals surface area contributed by atoms with Crippen LogP contribution in [0.5, 0.6) is 0 Å². The second kappa shape index (κ2) is 4.97. The molecule has 98 valence electrons. The number of rotatable bonds is 2. The van der Waals surface area contributed by atoms with Gasteiger partial charge in [0.2, 0.25) is 0 Å². The van der Waals surface area contributed by atoms with Crippen molar-refractivity contribution in [1.82, 2.24) is 0 Å². The standard InChI is InChI=1S/C14H9ClF2O2/c1-7-4-9(11(15)6-13(7)17)10-5-8(14(18)19)2-3-12(10)16/h2-6H,1H3,(H,18,19). The van der Waals surface area contributed by atoms with Crippen molar-refractivity contribution in [3.05, 3.63) is 58.1 Å². The van der Waals surface area contributed by atoms with E-state index < -0.39 is 17.6 Å². The van der Waals surface area contributed by atoms with Crippen LogP contribution < -0.4 is 0 Å². The molecule has 0 amide bonds. The Balaban J connectivity index is 2.67. The molecule has 5 heteroatoms. The summed E-state index contributed by atoms with van der Waals surface area (Å²) in [5, 5.41) is 8.93. The normalized spacial score (nSPS) is 10.5. The molecular weight excluding hydrogens is 274 g/mol. The van der Waals surface area contributed by atoms with Gasteiger partial charge in [-0.25, -0.2) is 13.6 Å². The van der Waals surface area contributed by atoms with E-state index in [-0.39, 0.29) is 21.7 Å². The van der Waals surface area contributed by atoms with Gasteiger partial charge in [0.15, 0.2) is 0 Å². The smallest absolute Gasteiger partial charge is 0.335 e. The summed E-state index contributed by atoms with van der Waals surface area (Å²) in [6.45, 7) is 1.52. The third kappa shape index (κ3) is 2.58. The molecule has 2 rings (SSSR count). The Morgan fingerprint density at radius 2 is 1.79 bits per heavy atom. The lowest BCUT2D eigenvalue weighted by Gasteiger charge is -2.09. The minimum atomic E-state index is -1.17. The van der Waals surface area contributed by atoms with Crippen LogP contribution in [-0.2, 0) is 0 Å². The van der Waals surface area contributed by atoms with E-state index in [2.05, 4.69) is 0 Å². The Kier molecular flexibility index (Phi) is 3.53. The Morgan fingerprint density at radius 1 is 1.11 bits per heavy atom. The number of aryl methyl sites for hydroxylation is 1. The van der Waals surface area contributed by atoms with Crippen molar-refractivity contribution in [3.8, 4) is 11.1 Å². The number of carboxylic acids is 1. The molecular formula is C14H9ClF2O2. The molecule has 0 unspecified atom stereocenters. The van der Waals surface area contributed by atoms with E-state index in [0.717, 1.165) is 18.2 Å². The van der Waals surface area contributed by atoms with Crippen molar-refractivity contribution < 1.29 is 18.7 Å². The minimum absolute atomic E-state index is 0.0320. The molecule has 0 fully saturated rings. The van der Waals surface area contributed by atoms with Crippen LogP contribution in [0.4, 0.5) is 8.78 Å². The first-order valence-corrected chi connectivity index (χ1v) is 5.77. The van der Waals surface area contributed by atoms with Gasteiger partial charge in [-0.3, -0.25) is 0 Å². The maximum Gasteiger partial charge on any atom is 0.335 e. The number of halogens is 3. The average Bonchev–Trinajstić information content (AvgIpc) is 2.34. The maximum atomic E-state index is 13.8. The summed E-state index contributed by atoms with van der Waals surface area (Å²) in [6, 6.07) is 5.86. The zero-order chi connectivity index (χ0) is 14.2. The monoisotopic (exact) mass is 282 g/mol. The van der Waals surface area contributed by atoms with Gasteiger partial charge >= 0.3 is 5.97 Å². The van der Waals surface area contributed by atoms with Crippen LogP contribution in [0.15, 0.2) is 30.3 Å². The molecule has 1 N–H and O–H groups in total. The molecule has 0 aromatic heterocycles. The number of hydrogen-bond donors (Lipinski definition) is 1. The van der Waals surface area contributed by atoms with Gasteiger partial charge in [-0.1, -0.05) is 11.6 Å². The molecule has 0 aliphatic rings. The highest BCUT2D eigenvalue weighted by molar-refractivity contribution is 6.33. The van der Waals surface area contributed by atoms with Crippen LogP contribution in [0.2, 0.25) is 5.02 Å². The van der Waals surface area contributed by atoms with Crippen LogP contribution in [0.25, 0.3) is 11.1 Å². The van der Waals surface area contributed by atoms with Crippen molar-refractivity contribution in [2.24, 2.45) is 0 Å². The van der Waals surface area contributed by atoms with Gasteiger partial charge < -0.3 is 5.11 Å². The molecule has 2 aromatic rings. The fourth-order valence-electron chi connectivity index (χ4n) is 1.73. The summed E-state index contributed by atoms with van der Waals surface area (Å²) in [5.74, 6) is -2.28. The summed E-state index contributed by atoms with van der Waals surface area (Å²) < 4.78 is 27.1. The van der Waals surface area contributed by atoms with E-state index >= 15 is 0 Å². The molecule has 0 atom stereocenters. The summed E-state index contributed by atoms with van der Waals surface area (Å²) in [4.78, 5) is 10.9. The fraction of sp³-hybridized carbons (Fsp3) is 0.0714. The lowest BCUT2D eigenvalue weighted by atomic mass is 10.0. The molecule has 2 nitrogen and oxygen atoms in total. The maximum absolute atomic E-state index is 13.8. The molecule has 0 aliphatic heterocycles. The van der Waals surface area contributed by atoms with Gasteiger partial charge in [0.05, 0.1) is 10.6 Å². The van der Waals surface area contributed by atoms with E-state index in [9.17, 15) is 13.6 Å². The first-order valence-electron chi connectivity index (χ1n) is 5.39. The molecule has 0 spiro atoms. The highest BCUT2D eigenvalue weighted by atomic mass is 35.5. The SMILES string of the molecule is Cc1cc(-c2cc(C(=O)O)ccc2F)c(Cl)cc1F. The number of hydrogen-bond acceptors (Lipinski definition) is 1. The van der Waals surface area contributed by atoms with Crippen LogP contribution in [-0.4, -0.2) is 11.1 Å². The number of carboxylic acid groups (broad SMARTS) is 1. The highest BCUT2D eigenvalue weighted by Crippen LogP contribution is 2.32. The molecule has 0 saturated carbocycles. The van der Waals surface area contributed by atoms with Crippen LogP contribution in [0.1, 0.15) is 15.9 Å². The number of benzene rings is 2. The van der Waals surface area contributed by atoms with E-state index in [0.29, 0.717) is 5.56 Å². The van der Waals surface area contributed by atoms with Crippen molar-refractivity contribution in [3.63, 3.8) is 0 Å². The minimum Gasteiger partial charge on any atom is -0.478 e. The largest absolute Gasteiger partial charge is 0.478 e. The lowest BCUT2D eigenvalue weighted by Crippen LogP contribution is -1.98. The van der Waals surface area contributed by atoms with Gasteiger partial charge in [-0.05, 0) is 42.8 Å². The third-order valence-corrected chi connectivity index (χ3v) is 3.06.